The Hall–Kier alpha value is -2.35. The number of ether oxygens (including phenoxy) is 1. The van der Waals surface area contributed by atoms with Gasteiger partial charge < -0.3 is 9.84 Å². The van der Waals surface area contributed by atoms with Crippen LogP contribution >= 0.6 is 0 Å². The van der Waals surface area contributed by atoms with Crippen LogP contribution in [0.4, 0.5) is 0 Å². The molecule has 0 aliphatic heterocycles. The van der Waals surface area contributed by atoms with Gasteiger partial charge in [0, 0.05) is 7.05 Å². The van der Waals surface area contributed by atoms with E-state index >= 15 is 0 Å². The number of rotatable bonds is 5. The second-order valence-corrected chi connectivity index (χ2v) is 6.36. The number of aryl methyl sites for hydroxylation is 1. The third kappa shape index (κ3) is 3.05. The van der Waals surface area contributed by atoms with Crippen LogP contribution in [0.15, 0.2) is 35.4 Å². The second-order valence-electron chi connectivity index (χ2n) is 4.37. The zero-order valence-electron chi connectivity index (χ0n) is 11.5. The predicted octanol–water partition coefficient (Wildman–Crippen LogP) is 1.10. The number of nitrogens with zero attached hydrogens (tertiary/aromatic N) is 2. The molecule has 1 aromatic heterocycles. The summed E-state index contributed by atoms with van der Waals surface area (Å²) >= 11 is 0. The van der Waals surface area contributed by atoms with Crippen molar-refractivity contribution in [3.05, 3.63) is 41.7 Å². The van der Waals surface area contributed by atoms with Gasteiger partial charge in [-0.25, -0.2) is 13.2 Å². The molecule has 0 saturated heterocycles. The molecule has 1 heterocycles. The highest BCUT2D eigenvalue weighted by atomic mass is 32.2. The predicted molar refractivity (Wildman–Crippen MR) is 74.1 cm³/mol. The van der Waals surface area contributed by atoms with E-state index in [1.165, 1.54) is 43.1 Å². The smallest absolute Gasteiger partial charge is 0.339 e. The third-order valence-corrected chi connectivity index (χ3v) is 4.68. The summed E-state index contributed by atoms with van der Waals surface area (Å²) < 4.78 is 30.9. The molecule has 2 aromatic rings. The molecule has 0 saturated carbocycles. The summed E-state index contributed by atoms with van der Waals surface area (Å²) in [5.74, 6) is -1.10. The van der Waals surface area contributed by atoms with E-state index in [0.717, 1.165) is 6.20 Å². The van der Waals surface area contributed by atoms with E-state index in [1.54, 1.807) is 0 Å². The first-order valence-corrected chi connectivity index (χ1v) is 7.61. The van der Waals surface area contributed by atoms with Gasteiger partial charge in [-0.3, -0.25) is 4.68 Å². The van der Waals surface area contributed by atoms with E-state index in [1.807, 2.05) is 0 Å². The Morgan fingerprint density at radius 1 is 1.33 bits per heavy atom. The number of methoxy groups -OCH3 is 1. The molecule has 0 bridgehead atoms. The molecule has 7 nitrogen and oxygen atoms in total. The lowest BCUT2D eigenvalue weighted by Crippen LogP contribution is -2.12. The van der Waals surface area contributed by atoms with Gasteiger partial charge in [-0.05, 0) is 24.3 Å². The fourth-order valence-corrected chi connectivity index (χ4v) is 3.28. The lowest BCUT2D eigenvalue weighted by atomic mass is 10.3. The van der Waals surface area contributed by atoms with Gasteiger partial charge in [0.2, 0.25) is 0 Å². The highest BCUT2D eigenvalue weighted by Crippen LogP contribution is 2.21. The molecular formula is C13H14N2O5S. The quantitative estimate of drug-likeness (QED) is 0.888. The van der Waals surface area contributed by atoms with Gasteiger partial charge in [0.25, 0.3) is 0 Å². The number of aromatic nitrogens is 2. The maximum Gasteiger partial charge on any atom is 0.339 e. The van der Waals surface area contributed by atoms with Crippen LogP contribution < -0.4 is 4.74 Å². The van der Waals surface area contributed by atoms with Crippen LogP contribution in [-0.2, 0) is 22.6 Å². The van der Waals surface area contributed by atoms with Crippen LogP contribution in [-0.4, -0.2) is 36.4 Å². The van der Waals surface area contributed by atoms with Crippen molar-refractivity contribution < 1.29 is 23.1 Å². The topological polar surface area (TPSA) is 98.5 Å². The first-order chi connectivity index (χ1) is 9.85. The lowest BCUT2D eigenvalue weighted by molar-refractivity contribution is 0.0696. The summed E-state index contributed by atoms with van der Waals surface area (Å²) in [7, 11) is -0.677. The minimum Gasteiger partial charge on any atom is -0.497 e. The van der Waals surface area contributed by atoms with Crippen molar-refractivity contribution in [1.29, 1.82) is 0 Å². The Balaban J connectivity index is 2.37. The normalized spacial score (nSPS) is 11.3. The van der Waals surface area contributed by atoms with Crippen molar-refractivity contribution in [1.82, 2.24) is 9.78 Å². The average Bonchev–Trinajstić information content (AvgIpc) is 2.80. The van der Waals surface area contributed by atoms with Crippen molar-refractivity contribution >= 4 is 15.8 Å². The molecule has 0 fully saturated rings. The summed E-state index contributed by atoms with van der Waals surface area (Å²) in [6, 6.07) is 5.92. The molecule has 0 atom stereocenters. The molecule has 0 aliphatic carbocycles. The van der Waals surface area contributed by atoms with Crippen molar-refractivity contribution in [2.75, 3.05) is 7.11 Å². The molecule has 0 spiro atoms. The Bertz CT molecular complexity index is 762. The van der Waals surface area contributed by atoms with E-state index in [-0.39, 0.29) is 16.2 Å². The van der Waals surface area contributed by atoms with Gasteiger partial charge in [-0.2, -0.15) is 5.10 Å². The molecule has 8 heteroatoms. The van der Waals surface area contributed by atoms with E-state index in [0.29, 0.717) is 5.75 Å². The van der Waals surface area contributed by atoms with Crippen LogP contribution in [0.2, 0.25) is 0 Å². The number of hydrogen-bond donors (Lipinski definition) is 1. The third-order valence-electron chi connectivity index (χ3n) is 3.04. The fraction of sp³-hybridized carbons (Fsp3) is 0.231. The van der Waals surface area contributed by atoms with Crippen LogP contribution in [0.1, 0.15) is 16.1 Å². The first-order valence-electron chi connectivity index (χ1n) is 5.96. The van der Waals surface area contributed by atoms with Gasteiger partial charge in [0.05, 0.1) is 29.6 Å². The first kappa shape index (κ1) is 15.0. The van der Waals surface area contributed by atoms with Crippen LogP contribution in [0.3, 0.4) is 0 Å². The Labute approximate surface area is 121 Å². The molecule has 1 N–H and O–H groups in total. The molecule has 2 rings (SSSR count). The average molecular weight is 310 g/mol. The number of sulfone groups is 1. The fourth-order valence-electron chi connectivity index (χ4n) is 1.86. The van der Waals surface area contributed by atoms with Crippen molar-refractivity contribution in [2.45, 2.75) is 10.6 Å². The van der Waals surface area contributed by atoms with Gasteiger partial charge in [-0.1, -0.05) is 0 Å². The standard InChI is InChI=1S/C13H14N2O5S/c1-15-12(11(7-14-15)13(16)17)8-21(18,19)10-5-3-9(20-2)4-6-10/h3-7H,8H2,1-2H3,(H,16,17). The van der Waals surface area contributed by atoms with Crippen LogP contribution in [0.25, 0.3) is 0 Å². The van der Waals surface area contributed by atoms with Crippen molar-refractivity contribution in [3.63, 3.8) is 0 Å². The zero-order valence-corrected chi connectivity index (χ0v) is 12.3. The number of hydrogen-bond acceptors (Lipinski definition) is 5. The van der Waals surface area contributed by atoms with Gasteiger partial charge >= 0.3 is 5.97 Å². The van der Waals surface area contributed by atoms with Gasteiger partial charge in [0.1, 0.15) is 11.3 Å². The molecular weight excluding hydrogens is 296 g/mol. The maximum atomic E-state index is 12.4. The molecule has 0 radical (unpaired) electrons. The minimum absolute atomic E-state index is 0.0980. The molecule has 112 valence electrons. The summed E-state index contributed by atoms with van der Waals surface area (Å²) in [6.45, 7) is 0. The molecule has 21 heavy (non-hydrogen) atoms. The van der Waals surface area contributed by atoms with Gasteiger partial charge in [0.15, 0.2) is 9.84 Å². The Morgan fingerprint density at radius 3 is 2.48 bits per heavy atom. The SMILES string of the molecule is COc1ccc(S(=O)(=O)Cc2c(C(=O)O)cnn2C)cc1. The highest BCUT2D eigenvalue weighted by Gasteiger charge is 2.23. The summed E-state index contributed by atoms with van der Waals surface area (Å²) in [5.41, 5.74) is 0.0212. The molecule has 0 unspecified atom stereocenters. The monoisotopic (exact) mass is 310 g/mol. The van der Waals surface area contributed by atoms with E-state index in [4.69, 9.17) is 9.84 Å². The number of carbonyl (C=O) groups is 1. The summed E-state index contributed by atoms with van der Waals surface area (Å²) in [5, 5.41) is 12.8. The molecule has 0 aliphatic rings. The number of carboxylic acids is 1. The number of benzene rings is 1. The number of aromatic carboxylic acids is 1. The van der Waals surface area contributed by atoms with E-state index < -0.39 is 21.6 Å². The Kier molecular flexibility index (Phi) is 3.99. The van der Waals surface area contributed by atoms with Crippen molar-refractivity contribution in [2.24, 2.45) is 7.05 Å². The molecule has 0 amide bonds. The van der Waals surface area contributed by atoms with E-state index in [2.05, 4.69) is 5.10 Å². The maximum absolute atomic E-state index is 12.4. The zero-order chi connectivity index (χ0) is 15.6. The van der Waals surface area contributed by atoms with Crippen molar-refractivity contribution in [3.8, 4) is 5.75 Å². The van der Waals surface area contributed by atoms with Gasteiger partial charge in [-0.15, -0.1) is 0 Å². The number of carboxylic acid groups (broad SMARTS) is 1. The molecule has 1 aromatic carbocycles. The Morgan fingerprint density at radius 2 is 1.95 bits per heavy atom. The highest BCUT2D eigenvalue weighted by molar-refractivity contribution is 7.90. The second kappa shape index (κ2) is 5.57. The summed E-state index contributed by atoms with van der Waals surface area (Å²) in [4.78, 5) is 11.2. The van der Waals surface area contributed by atoms with Crippen LogP contribution in [0, 0.1) is 0 Å². The lowest BCUT2D eigenvalue weighted by Gasteiger charge is -2.07. The largest absolute Gasteiger partial charge is 0.497 e. The van der Waals surface area contributed by atoms with Crippen LogP contribution in [0.5, 0.6) is 5.75 Å². The summed E-state index contributed by atoms with van der Waals surface area (Å²) in [6.07, 6.45) is 1.14. The van der Waals surface area contributed by atoms with E-state index in [9.17, 15) is 13.2 Å². The minimum atomic E-state index is -3.67.